The molecule has 0 spiro atoms. The molecule has 7 heteroatoms. The van der Waals surface area contributed by atoms with Crippen LogP contribution in [-0.4, -0.2) is 13.2 Å². The molecule has 0 aliphatic carbocycles. The third kappa shape index (κ3) is 3.66. The van der Waals surface area contributed by atoms with Gasteiger partial charge in [-0.2, -0.15) is 13.2 Å². The van der Waals surface area contributed by atoms with Gasteiger partial charge in [-0.1, -0.05) is 6.07 Å². The maximum absolute atomic E-state index is 13.3. The minimum absolute atomic E-state index is 0.151. The second-order valence-electron chi connectivity index (χ2n) is 3.62. The molecule has 1 aromatic rings. The molecule has 0 radical (unpaired) electrons. The topological polar surface area (TPSA) is 47.3 Å². The van der Waals surface area contributed by atoms with Gasteiger partial charge >= 0.3 is 6.18 Å². The van der Waals surface area contributed by atoms with E-state index in [4.69, 9.17) is 10.6 Å². The number of hydrogen-bond donors (Lipinski definition) is 2. The normalized spacial score (nSPS) is 13.7. The third-order valence-corrected chi connectivity index (χ3v) is 2.39. The van der Waals surface area contributed by atoms with E-state index in [1.165, 1.54) is 6.07 Å². The summed E-state index contributed by atoms with van der Waals surface area (Å²) in [6.07, 6.45) is -4.70. The van der Waals surface area contributed by atoms with E-state index < -0.39 is 23.6 Å². The van der Waals surface area contributed by atoms with Gasteiger partial charge in [0.05, 0.1) is 18.2 Å². The first kappa shape index (κ1) is 14.9. The standard InChI is InChI=1S/C11H14F4N2O/c1-2-18-6-10(17-16)7-3-4-8(9(12)5-7)11(13,14)15/h3-5,10,17H,2,6,16H2,1H3. The van der Waals surface area contributed by atoms with Gasteiger partial charge in [0.1, 0.15) is 5.82 Å². The van der Waals surface area contributed by atoms with Crippen molar-refractivity contribution in [3.05, 3.63) is 35.1 Å². The minimum Gasteiger partial charge on any atom is -0.380 e. The molecule has 102 valence electrons. The van der Waals surface area contributed by atoms with Crippen molar-refractivity contribution in [1.29, 1.82) is 0 Å². The summed E-state index contributed by atoms with van der Waals surface area (Å²) in [5.74, 6) is 3.92. The maximum Gasteiger partial charge on any atom is 0.419 e. The van der Waals surface area contributed by atoms with Gasteiger partial charge in [0.25, 0.3) is 0 Å². The highest BCUT2D eigenvalue weighted by atomic mass is 19.4. The molecule has 0 aliphatic rings. The van der Waals surface area contributed by atoms with Crippen LogP contribution in [0.2, 0.25) is 0 Å². The molecular weight excluding hydrogens is 252 g/mol. The fourth-order valence-corrected chi connectivity index (χ4v) is 1.45. The number of nitrogens with one attached hydrogen (secondary N) is 1. The molecule has 0 heterocycles. The van der Waals surface area contributed by atoms with Crippen LogP contribution in [0, 0.1) is 5.82 Å². The lowest BCUT2D eigenvalue weighted by Gasteiger charge is -2.17. The first-order chi connectivity index (χ1) is 8.40. The van der Waals surface area contributed by atoms with Crippen molar-refractivity contribution in [2.45, 2.75) is 19.1 Å². The van der Waals surface area contributed by atoms with Gasteiger partial charge in [-0.3, -0.25) is 11.3 Å². The molecule has 0 aliphatic heterocycles. The molecule has 1 aromatic carbocycles. The molecule has 0 bridgehead atoms. The van der Waals surface area contributed by atoms with E-state index in [1.54, 1.807) is 6.92 Å². The van der Waals surface area contributed by atoms with Crippen molar-refractivity contribution < 1.29 is 22.3 Å². The molecule has 1 rings (SSSR count). The summed E-state index contributed by atoms with van der Waals surface area (Å²) in [4.78, 5) is 0. The highest BCUT2D eigenvalue weighted by molar-refractivity contribution is 5.28. The lowest BCUT2D eigenvalue weighted by molar-refractivity contribution is -0.140. The first-order valence-corrected chi connectivity index (χ1v) is 5.30. The van der Waals surface area contributed by atoms with Gasteiger partial charge in [-0.25, -0.2) is 4.39 Å². The number of hydrazine groups is 1. The number of halogens is 4. The second kappa shape index (κ2) is 6.12. The summed E-state index contributed by atoms with van der Waals surface area (Å²) < 4.78 is 55.5. The molecule has 0 amide bonds. The summed E-state index contributed by atoms with van der Waals surface area (Å²) in [7, 11) is 0. The Morgan fingerprint density at radius 1 is 1.39 bits per heavy atom. The number of alkyl halides is 3. The quantitative estimate of drug-likeness (QED) is 0.488. The Labute approximate surface area is 102 Å². The van der Waals surface area contributed by atoms with Crippen LogP contribution in [-0.2, 0) is 10.9 Å². The molecule has 0 aromatic heterocycles. The molecule has 1 atom stereocenters. The van der Waals surface area contributed by atoms with E-state index in [0.717, 1.165) is 6.07 Å². The average Bonchev–Trinajstić information content (AvgIpc) is 2.28. The Hall–Kier alpha value is -1.18. The molecule has 0 saturated carbocycles. The zero-order valence-electron chi connectivity index (χ0n) is 9.72. The van der Waals surface area contributed by atoms with Crippen LogP contribution in [0.4, 0.5) is 17.6 Å². The first-order valence-electron chi connectivity index (χ1n) is 5.30. The van der Waals surface area contributed by atoms with Crippen molar-refractivity contribution in [1.82, 2.24) is 5.43 Å². The van der Waals surface area contributed by atoms with E-state index in [-0.39, 0.29) is 6.61 Å². The van der Waals surface area contributed by atoms with Gasteiger partial charge in [0, 0.05) is 6.61 Å². The Kier molecular flexibility index (Phi) is 5.06. The summed E-state index contributed by atoms with van der Waals surface area (Å²) in [6.45, 7) is 2.35. The van der Waals surface area contributed by atoms with Gasteiger partial charge in [-0.05, 0) is 24.6 Å². The lowest BCUT2D eigenvalue weighted by atomic mass is 10.0. The number of rotatable bonds is 5. The van der Waals surface area contributed by atoms with Crippen LogP contribution in [0.25, 0.3) is 0 Å². The zero-order chi connectivity index (χ0) is 13.8. The van der Waals surface area contributed by atoms with Crippen LogP contribution in [0.1, 0.15) is 24.1 Å². The Morgan fingerprint density at radius 2 is 2.06 bits per heavy atom. The third-order valence-electron chi connectivity index (χ3n) is 2.39. The number of benzene rings is 1. The predicted octanol–water partition coefficient (Wildman–Crippen LogP) is 2.39. The van der Waals surface area contributed by atoms with Gasteiger partial charge < -0.3 is 4.74 Å². The zero-order valence-corrected chi connectivity index (χ0v) is 9.72. The van der Waals surface area contributed by atoms with E-state index >= 15 is 0 Å². The number of nitrogens with two attached hydrogens (primary N) is 1. The Morgan fingerprint density at radius 3 is 2.50 bits per heavy atom. The van der Waals surface area contributed by atoms with E-state index in [2.05, 4.69) is 5.43 Å². The molecule has 3 N–H and O–H groups in total. The predicted molar refractivity (Wildman–Crippen MR) is 58.0 cm³/mol. The molecule has 0 fully saturated rings. The number of ether oxygens (including phenoxy) is 1. The highest BCUT2D eigenvalue weighted by Crippen LogP contribution is 2.32. The Balaban J connectivity index is 2.95. The highest BCUT2D eigenvalue weighted by Gasteiger charge is 2.34. The molecule has 18 heavy (non-hydrogen) atoms. The molecule has 1 unspecified atom stereocenters. The van der Waals surface area contributed by atoms with E-state index in [9.17, 15) is 17.6 Å². The van der Waals surface area contributed by atoms with Gasteiger partial charge in [-0.15, -0.1) is 0 Å². The SMILES string of the molecule is CCOCC(NN)c1ccc(C(F)(F)F)c(F)c1. The molecule has 3 nitrogen and oxygen atoms in total. The van der Waals surface area contributed by atoms with Gasteiger partial charge in [0.2, 0.25) is 0 Å². The molecule has 0 saturated heterocycles. The summed E-state index contributed by atoms with van der Waals surface area (Å²) in [6, 6.07) is 2.13. The van der Waals surface area contributed by atoms with Crippen LogP contribution >= 0.6 is 0 Å². The van der Waals surface area contributed by atoms with Crippen molar-refractivity contribution in [2.75, 3.05) is 13.2 Å². The van der Waals surface area contributed by atoms with E-state index in [0.29, 0.717) is 18.2 Å². The molecular formula is C11H14F4N2O. The number of hydrogen-bond acceptors (Lipinski definition) is 3. The van der Waals surface area contributed by atoms with Crippen molar-refractivity contribution in [3.8, 4) is 0 Å². The smallest absolute Gasteiger partial charge is 0.380 e. The van der Waals surface area contributed by atoms with E-state index in [1.807, 2.05) is 0 Å². The second-order valence-corrected chi connectivity index (χ2v) is 3.62. The van der Waals surface area contributed by atoms with Gasteiger partial charge in [0.15, 0.2) is 0 Å². The summed E-state index contributed by atoms with van der Waals surface area (Å²) in [5.41, 5.74) is 1.37. The lowest BCUT2D eigenvalue weighted by Crippen LogP contribution is -2.31. The monoisotopic (exact) mass is 266 g/mol. The van der Waals surface area contributed by atoms with Crippen molar-refractivity contribution >= 4 is 0 Å². The Bertz CT molecular complexity index is 395. The minimum atomic E-state index is -4.70. The average molecular weight is 266 g/mol. The fraction of sp³-hybridized carbons (Fsp3) is 0.455. The summed E-state index contributed by atoms with van der Waals surface area (Å²) >= 11 is 0. The fourth-order valence-electron chi connectivity index (χ4n) is 1.45. The largest absolute Gasteiger partial charge is 0.419 e. The van der Waals surface area contributed by atoms with Crippen LogP contribution in [0.15, 0.2) is 18.2 Å². The van der Waals surface area contributed by atoms with Crippen molar-refractivity contribution in [2.24, 2.45) is 5.84 Å². The van der Waals surface area contributed by atoms with Crippen LogP contribution in [0.5, 0.6) is 0 Å². The maximum atomic E-state index is 13.3. The van der Waals surface area contributed by atoms with Crippen LogP contribution in [0.3, 0.4) is 0 Å². The summed E-state index contributed by atoms with van der Waals surface area (Å²) in [5, 5.41) is 0. The van der Waals surface area contributed by atoms with Crippen molar-refractivity contribution in [3.63, 3.8) is 0 Å². The van der Waals surface area contributed by atoms with Crippen LogP contribution < -0.4 is 11.3 Å².